The van der Waals surface area contributed by atoms with E-state index in [1.807, 2.05) is 19.1 Å². The van der Waals surface area contributed by atoms with Crippen molar-refractivity contribution in [2.24, 2.45) is 0 Å². The SMILES string of the molecule is CCOCc1c(C(=O)OCC(=O)N(C)Cc2ccc(F)cc2)oc2ccccc12. The molecule has 0 aliphatic carbocycles. The van der Waals surface area contributed by atoms with E-state index < -0.39 is 12.6 Å². The van der Waals surface area contributed by atoms with Gasteiger partial charge in [-0.3, -0.25) is 4.79 Å². The van der Waals surface area contributed by atoms with Crippen LogP contribution in [-0.4, -0.2) is 37.0 Å². The number of carbonyl (C=O) groups is 2. The summed E-state index contributed by atoms with van der Waals surface area (Å²) in [5.74, 6) is -1.41. The van der Waals surface area contributed by atoms with Crippen molar-refractivity contribution in [1.82, 2.24) is 4.90 Å². The van der Waals surface area contributed by atoms with E-state index in [1.165, 1.54) is 17.0 Å². The highest BCUT2D eigenvalue weighted by molar-refractivity contribution is 5.96. The molecule has 0 fully saturated rings. The monoisotopic (exact) mass is 399 g/mol. The summed E-state index contributed by atoms with van der Waals surface area (Å²) in [6, 6.07) is 13.1. The molecule has 0 bridgehead atoms. The molecule has 29 heavy (non-hydrogen) atoms. The van der Waals surface area contributed by atoms with Gasteiger partial charge in [0.05, 0.1) is 6.61 Å². The first-order valence-corrected chi connectivity index (χ1v) is 9.23. The number of para-hydroxylation sites is 1. The van der Waals surface area contributed by atoms with E-state index >= 15 is 0 Å². The van der Waals surface area contributed by atoms with Crippen molar-refractivity contribution >= 4 is 22.8 Å². The summed E-state index contributed by atoms with van der Waals surface area (Å²) in [5, 5.41) is 0.771. The molecule has 2 aromatic carbocycles. The number of ether oxygens (including phenoxy) is 2. The van der Waals surface area contributed by atoms with Crippen molar-refractivity contribution < 1.29 is 27.9 Å². The van der Waals surface area contributed by atoms with Gasteiger partial charge in [-0.15, -0.1) is 0 Å². The number of likely N-dealkylation sites (N-methyl/N-ethyl adjacent to an activating group) is 1. The number of amides is 1. The highest BCUT2D eigenvalue weighted by atomic mass is 19.1. The molecule has 7 heteroatoms. The number of rotatable bonds is 8. The Morgan fingerprint density at radius 2 is 1.83 bits per heavy atom. The number of halogens is 1. The molecule has 1 amide bonds. The van der Waals surface area contributed by atoms with Crippen LogP contribution in [0.4, 0.5) is 4.39 Å². The average Bonchev–Trinajstić information content (AvgIpc) is 3.10. The minimum atomic E-state index is -0.723. The molecule has 0 saturated heterocycles. The van der Waals surface area contributed by atoms with Crippen LogP contribution in [0.1, 0.15) is 28.6 Å². The fourth-order valence-corrected chi connectivity index (χ4v) is 2.87. The second-order valence-corrected chi connectivity index (χ2v) is 6.50. The fourth-order valence-electron chi connectivity index (χ4n) is 2.87. The van der Waals surface area contributed by atoms with E-state index in [1.54, 1.807) is 31.3 Å². The van der Waals surface area contributed by atoms with Crippen molar-refractivity contribution in [3.63, 3.8) is 0 Å². The van der Waals surface area contributed by atoms with E-state index in [2.05, 4.69) is 0 Å². The summed E-state index contributed by atoms with van der Waals surface area (Å²) < 4.78 is 29.3. The second kappa shape index (κ2) is 9.34. The van der Waals surface area contributed by atoms with Crippen LogP contribution < -0.4 is 0 Å². The number of fused-ring (bicyclic) bond motifs is 1. The van der Waals surface area contributed by atoms with Crippen LogP contribution in [0.3, 0.4) is 0 Å². The first kappa shape index (κ1) is 20.5. The Balaban J connectivity index is 1.65. The van der Waals surface area contributed by atoms with Gasteiger partial charge in [-0.05, 0) is 30.7 Å². The molecule has 0 atom stereocenters. The molecule has 0 saturated carbocycles. The van der Waals surface area contributed by atoms with Crippen molar-refractivity contribution in [1.29, 1.82) is 0 Å². The number of hydrogen-bond acceptors (Lipinski definition) is 5. The Kier molecular flexibility index (Phi) is 6.61. The van der Waals surface area contributed by atoms with E-state index in [0.717, 1.165) is 10.9 Å². The van der Waals surface area contributed by atoms with E-state index in [-0.39, 0.29) is 30.6 Å². The molecule has 0 radical (unpaired) electrons. The van der Waals surface area contributed by atoms with Gasteiger partial charge in [-0.1, -0.05) is 30.3 Å². The minimum absolute atomic E-state index is 0.0358. The molecule has 6 nitrogen and oxygen atoms in total. The molecule has 0 aliphatic rings. The van der Waals surface area contributed by atoms with Crippen LogP contribution in [0.2, 0.25) is 0 Å². The van der Waals surface area contributed by atoms with Gasteiger partial charge in [-0.2, -0.15) is 0 Å². The Morgan fingerprint density at radius 3 is 2.55 bits per heavy atom. The van der Waals surface area contributed by atoms with Gasteiger partial charge in [0, 0.05) is 31.1 Å². The zero-order chi connectivity index (χ0) is 20.8. The predicted molar refractivity (Wildman–Crippen MR) is 105 cm³/mol. The van der Waals surface area contributed by atoms with Gasteiger partial charge >= 0.3 is 5.97 Å². The molecule has 0 N–H and O–H groups in total. The highest BCUT2D eigenvalue weighted by Crippen LogP contribution is 2.27. The maximum atomic E-state index is 13.0. The van der Waals surface area contributed by atoms with Crippen LogP contribution >= 0.6 is 0 Å². The van der Waals surface area contributed by atoms with Crippen LogP contribution in [0.5, 0.6) is 0 Å². The van der Waals surface area contributed by atoms with Gasteiger partial charge in [-0.25, -0.2) is 9.18 Å². The zero-order valence-electron chi connectivity index (χ0n) is 16.3. The van der Waals surface area contributed by atoms with Crippen LogP contribution in [0.25, 0.3) is 11.0 Å². The maximum absolute atomic E-state index is 13.0. The van der Waals surface area contributed by atoms with Crippen LogP contribution in [0.15, 0.2) is 52.9 Å². The Morgan fingerprint density at radius 1 is 1.10 bits per heavy atom. The van der Waals surface area contributed by atoms with E-state index in [0.29, 0.717) is 17.8 Å². The van der Waals surface area contributed by atoms with Gasteiger partial charge in [0.1, 0.15) is 11.4 Å². The summed E-state index contributed by atoms with van der Waals surface area (Å²) in [7, 11) is 1.58. The average molecular weight is 399 g/mol. The zero-order valence-corrected chi connectivity index (χ0v) is 16.3. The van der Waals surface area contributed by atoms with Gasteiger partial charge in [0.2, 0.25) is 5.76 Å². The molecule has 152 valence electrons. The van der Waals surface area contributed by atoms with E-state index in [4.69, 9.17) is 13.9 Å². The summed E-state index contributed by atoms with van der Waals surface area (Å²) in [6.07, 6.45) is 0. The van der Waals surface area contributed by atoms with Gasteiger partial charge in [0.25, 0.3) is 5.91 Å². The highest BCUT2D eigenvalue weighted by Gasteiger charge is 2.23. The standard InChI is InChI=1S/C22H22FNO5/c1-3-27-13-18-17-6-4-5-7-19(17)29-21(18)22(26)28-14-20(25)24(2)12-15-8-10-16(23)11-9-15/h4-11H,3,12-14H2,1-2H3. The lowest BCUT2D eigenvalue weighted by Crippen LogP contribution is -2.30. The lowest BCUT2D eigenvalue weighted by molar-refractivity contribution is -0.133. The Bertz CT molecular complexity index is 996. The third-order valence-corrected chi connectivity index (χ3v) is 4.42. The largest absolute Gasteiger partial charge is 0.450 e. The molecular formula is C22H22FNO5. The lowest BCUT2D eigenvalue weighted by atomic mass is 10.1. The molecular weight excluding hydrogens is 377 g/mol. The Hall–Kier alpha value is -3.19. The summed E-state index contributed by atoms with van der Waals surface area (Å²) in [6.45, 7) is 2.39. The second-order valence-electron chi connectivity index (χ2n) is 6.50. The third-order valence-electron chi connectivity index (χ3n) is 4.42. The number of nitrogens with zero attached hydrogens (tertiary/aromatic N) is 1. The molecule has 0 unspecified atom stereocenters. The minimum Gasteiger partial charge on any atom is -0.450 e. The van der Waals surface area contributed by atoms with Gasteiger partial charge < -0.3 is 18.8 Å². The molecule has 0 spiro atoms. The van der Waals surface area contributed by atoms with Crippen LogP contribution in [0, 0.1) is 5.82 Å². The molecule has 0 aliphatic heterocycles. The first-order chi connectivity index (χ1) is 14.0. The number of esters is 1. The summed E-state index contributed by atoms with van der Waals surface area (Å²) >= 11 is 0. The first-order valence-electron chi connectivity index (χ1n) is 9.23. The third kappa shape index (κ3) is 5.00. The lowest BCUT2D eigenvalue weighted by Gasteiger charge is -2.17. The van der Waals surface area contributed by atoms with Crippen molar-refractivity contribution in [2.45, 2.75) is 20.1 Å². The Labute approximate surface area is 167 Å². The maximum Gasteiger partial charge on any atom is 0.375 e. The molecule has 1 aromatic heterocycles. The van der Waals surface area contributed by atoms with Gasteiger partial charge in [0.15, 0.2) is 6.61 Å². The van der Waals surface area contributed by atoms with Crippen molar-refractivity contribution in [3.8, 4) is 0 Å². The predicted octanol–water partition coefficient (Wildman–Crippen LogP) is 3.92. The number of carbonyl (C=O) groups excluding carboxylic acids is 2. The fraction of sp³-hybridized carbons (Fsp3) is 0.273. The topological polar surface area (TPSA) is 69.0 Å². The van der Waals surface area contributed by atoms with Crippen molar-refractivity contribution in [2.75, 3.05) is 20.3 Å². The number of hydrogen-bond donors (Lipinski definition) is 0. The normalized spacial score (nSPS) is 10.9. The molecule has 1 heterocycles. The van der Waals surface area contributed by atoms with Crippen molar-refractivity contribution in [3.05, 3.63) is 71.2 Å². The smallest absolute Gasteiger partial charge is 0.375 e. The van der Waals surface area contributed by atoms with E-state index in [9.17, 15) is 14.0 Å². The molecule has 3 rings (SSSR count). The quantitative estimate of drug-likeness (QED) is 0.537. The number of furan rings is 1. The number of benzene rings is 2. The summed E-state index contributed by atoms with van der Waals surface area (Å²) in [4.78, 5) is 26.2. The van der Waals surface area contributed by atoms with Crippen LogP contribution in [-0.2, 0) is 27.4 Å². The summed E-state index contributed by atoms with van der Waals surface area (Å²) in [5.41, 5.74) is 1.92. The molecule has 3 aromatic rings.